The molecule has 3 nitrogen and oxygen atoms in total. The minimum Gasteiger partial charge on any atom is -0.264 e. The highest BCUT2D eigenvalue weighted by atomic mass is 14.9. The zero-order valence-electron chi connectivity index (χ0n) is 25.1. The molecule has 0 N–H and O–H groups in total. The van der Waals surface area contributed by atoms with Crippen molar-refractivity contribution in [2.45, 2.75) is 0 Å². The van der Waals surface area contributed by atoms with E-state index in [1.165, 1.54) is 33.0 Å². The number of hydrogen-bond donors (Lipinski definition) is 0. The lowest BCUT2D eigenvalue weighted by molar-refractivity contribution is 1.18. The highest BCUT2D eigenvalue weighted by molar-refractivity contribution is 5.87. The molecule has 216 valence electrons. The topological polar surface area (TPSA) is 38.7 Å². The van der Waals surface area contributed by atoms with Gasteiger partial charge in [-0.25, -0.2) is 9.97 Å². The van der Waals surface area contributed by atoms with Crippen molar-refractivity contribution in [3.63, 3.8) is 0 Å². The maximum absolute atomic E-state index is 5.09. The quantitative estimate of drug-likeness (QED) is 0.194. The molecular formula is C43H29N3. The summed E-state index contributed by atoms with van der Waals surface area (Å²) in [6, 6.07) is 57.3. The SMILES string of the molecule is c1ccc(-c2ccc(-c3cc(-c4ccc(-c5ccc6ccccc6c5)cc4)nc(-c4ccc(-c5cccnc5)cc4)n3)cc2)cc1. The van der Waals surface area contributed by atoms with E-state index < -0.39 is 0 Å². The van der Waals surface area contributed by atoms with E-state index in [-0.39, 0.29) is 0 Å². The monoisotopic (exact) mass is 587 g/mol. The Hall–Kier alpha value is -6.19. The fourth-order valence-electron chi connectivity index (χ4n) is 5.88. The third-order valence-electron chi connectivity index (χ3n) is 8.42. The molecule has 0 aliphatic heterocycles. The molecule has 0 radical (unpaired) electrons. The van der Waals surface area contributed by atoms with Crippen LogP contribution in [0.15, 0.2) is 176 Å². The molecule has 3 heteroatoms. The molecule has 46 heavy (non-hydrogen) atoms. The highest BCUT2D eigenvalue weighted by Crippen LogP contribution is 2.32. The van der Waals surface area contributed by atoms with Gasteiger partial charge in [0.25, 0.3) is 0 Å². The molecule has 0 bridgehead atoms. The van der Waals surface area contributed by atoms with E-state index in [0.29, 0.717) is 5.82 Å². The van der Waals surface area contributed by atoms with Crippen LogP contribution in [-0.4, -0.2) is 15.0 Å². The molecule has 2 aromatic heterocycles. The molecule has 0 saturated carbocycles. The summed E-state index contributed by atoms with van der Waals surface area (Å²) in [5, 5.41) is 2.48. The Bertz CT molecular complexity index is 2160. The number of fused-ring (bicyclic) bond motifs is 1. The molecule has 8 rings (SSSR count). The van der Waals surface area contributed by atoms with E-state index in [9.17, 15) is 0 Å². The highest BCUT2D eigenvalue weighted by Gasteiger charge is 2.12. The van der Waals surface area contributed by atoms with Crippen LogP contribution in [0.2, 0.25) is 0 Å². The van der Waals surface area contributed by atoms with Gasteiger partial charge in [-0.1, -0.05) is 146 Å². The van der Waals surface area contributed by atoms with Crippen LogP contribution in [0.25, 0.3) is 78.1 Å². The predicted octanol–water partition coefficient (Wildman–Crippen LogP) is 11.0. The molecular weight excluding hydrogens is 558 g/mol. The van der Waals surface area contributed by atoms with Crippen molar-refractivity contribution < 1.29 is 0 Å². The average molecular weight is 588 g/mol. The van der Waals surface area contributed by atoms with Crippen LogP contribution in [0.5, 0.6) is 0 Å². The number of hydrogen-bond acceptors (Lipinski definition) is 3. The summed E-state index contributed by atoms with van der Waals surface area (Å²) in [4.78, 5) is 14.4. The average Bonchev–Trinajstić information content (AvgIpc) is 3.15. The van der Waals surface area contributed by atoms with Gasteiger partial charge >= 0.3 is 0 Å². The molecule has 0 amide bonds. The first-order chi connectivity index (χ1) is 22.8. The Morgan fingerprint density at radius 2 is 0.783 bits per heavy atom. The smallest absolute Gasteiger partial charge is 0.160 e. The number of rotatable bonds is 6. The van der Waals surface area contributed by atoms with Crippen molar-refractivity contribution in [1.29, 1.82) is 0 Å². The maximum atomic E-state index is 5.09. The van der Waals surface area contributed by atoms with Crippen LogP contribution in [-0.2, 0) is 0 Å². The molecule has 8 aromatic rings. The van der Waals surface area contributed by atoms with Crippen molar-refractivity contribution >= 4 is 10.8 Å². The zero-order valence-corrected chi connectivity index (χ0v) is 25.1. The maximum Gasteiger partial charge on any atom is 0.160 e. The van der Waals surface area contributed by atoms with Crippen molar-refractivity contribution in [3.05, 3.63) is 176 Å². The molecule has 6 aromatic carbocycles. The normalized spacial score (nSPS) is 11.0. The lowest BCUT2D eigenvalue weighted by Gasteiger charge is -2.11. The zero-order chi connectivity index (χ0) is 30.7. The van der Waals surface area contributed by atoms with Crippen LogP contribution in [0, 0.1) is 0 Å². The van der Waals surface area contributed by atoms with Gasteiger partial charge in [0.15, 0.2) is 5.82 Å². The lowest BCUT2D eigenvalue weighted by atomic mass is 9.99. The summed E-state index contributed by atoms with van der Waals surface area (Å²) in [5.74, 6) is 0.691. The van der Waals surface area contributed by atoms with Crippen molar-refractivity contribution in [2.24, 2.45) is 0 Å². The van der Waals surface area contributed by atoms with Gasteiger partial charge < -0.3 is 0 Å². The predicted molar refractivity (Wildman–Crippen MR) is 190 cm³/mol. The summed E-state index contributed by atoms with van der Waals surface area (Å²) in [7, 11) is 0. The summed E-state index contributed by atoms with van der Waals surface area (Å²) in [6.45, 7) is 0. The number of nitrogens with zero attached hydrogens (tertiary/aromatic N) is 3. The van der Waals surface area contributed by atoms with Crippen molar-refractivity contribution in [1.82, 2.24) is 15.0 Å². The largest absolute Gasteiger partial charge is 0.264 e. The van der Waals surface area contributed by atoms with E-state index in [4.69, 9.17) is 9.97 Å². The Balaban J connectivity index is 1.18. The second-order valence-electron chi connectivity index (χ2n) is 11.4. The first-order valence-corrected chi connectivity index (χ1v) is 15.4. The molecule has 2 heterocycles. The van der Waals surface area contributed by atoms with Crippen LogP contribution >= 0.6 is 0 Å². The first-order valence-electron chi connectivity index (χ1n) is 15.4. The third-order valence-corrected chi connectivity index (χ3v) is 8.42. The Kier molecular flexibility index (Phi) is 7.18. The van der Waals surface area contributed by atoms with Crippen molar-refractivity contribution in [3.8, 4) is 67.3 Å². The number of benzene rings is 6. The Morgan fingerprint density at radius 1 is 0.304 bits per heavy atom. The minimum absolute atomic E-state index is 0.691. The first kappa shape index (κ1) is 27.4. The summed E-state index contributed by atoms with van der Waals surface area (Å²) < 4.78 is 0. The fourth-order valence-corrected chi connectivity index (χ4v) is 5.88. The van der Waals surface area contributed by atoms with Gasteiger partial charge in [0, 0.05) is 29.1 Å². The minimum atomic E-state index is 0.691. The Labute approximate surface area is 268 Å². The van der Waals surface area contributed by atoms with E-state index in [2.05, 4.69) is 157 Å². The molecule has 0 unspecified atom stereocenters. The van der Waals surface area contributed by atoms with E-state index in [1.807, 2.05) is 18.3 Å². The summed E-state index contributed by atoms with van der Waals surface area (Å²) >= 11 is 0. The molecule has 0 atom stereocenters. The molecule has 0 fully saturated rings. The van der Waals surface area contributed by atoms with Gasteiger partial charge in [-0.05, 0) is 62.4 Å². The van der Waals surface area contributed by atoms with Crippen molar-refractivity contribution in [2.75, 3.05) is 0 Å². The number of pyridine rings is 1. The van der Waals surface area contributed by atoms with E-state index >= 15 is 0 Å². The third kappa shape index (κ3) is 5.58. The van der Waals surface area contributed by atoms with Crippen LogP contribution < -0.4 is 0 Å². The second kappa shape index (κ2) is 12.1. The van der Waals surface area contributed by atoms with E-state index in [1.54, 1.807) is 6.20 Å². The Morgan fingerprint density at radius 3 is 1.41 bits per heavy atom. The van der Waals surface area contributed by atoms with Crippen LogP contribution in [0.1, 0.15) is 0 Å². The van der Waals surface area contributed by atoms with Gasteiger partial charge in [0.2, 0.25) is 0 Å². The van der Waals surface area contributed by atoms with Crippen LogP contribution in [0.4, 0.5) is 0 Å². The van der Waals surface area contributed by atoms with Gasteiger partial charge in [-0.15, -0.1) is 0 Å². The van der Waals surface area contributed by atoms with Gasteiger partial charge in [0.05, 0.1) is 11.4 Å². The van der Waals surface area contributed by atoms with E-state index in [0.717, 1.165) is 39.2 Å². The van der Waals surface area contributed by atoms with Crippen LogP contribution in [0.3, 0.4) is 0 Å². The molecule has 0 aliphatic rings. The lowest BCUT2D eigenvalue weighted by Crippen LogP contribution is -1.96. The van der Waals surface area contributed by atoms with Gasteiger partial charge in [-0.2, -0.15) is 0 Å². The molecule has 0 aliphatic carbocycles. The second-order valence-corrected chi connectivity index (χ2v) is 11.4. The summed E-state index contributed by atoms with van der Waals surface area (Å²) in [5.41, 5.74) is 11.7. The van der Waals surface area contributed by atoms with Gasteiger partial charge in [0.1, 0.15) is 0 Å². The fraction of sp³-hybridized carbons (Fsp3) is 0. The van der Waals surface area contributed by atoms with Gasteiger partial charge in [-0.3, -0.25) is 4.98 Å². The molecule has 0 spiro atoms. The molecule has 0 saturated heterocycles. The number of aromatic nitrogens is 3. The summed E-state index contributed by atoms with van der Waals surface area (Å²) in [6.07, 6.45) is 3.67. The standard InChI is InChI=1S/C43H29N3/c1-2-7-30(8-3-1)32-12-19-35(20-13-32)41-28-42(46-43(45-41)37-23-16-34(17-24-37)40-11-6-26-44-29-40)36-21-14-33(15-22-36)39-25-18-31-9-4-5-10-38(31)27-39/h1-29H.